The minimum atomic E-state index is 0.827. The second-order valence-electron chi connectivity index (χ2n) is 2.01. The molecule has 0 aliphatic carbocycles. The second kappa shape index (κ2) is 3.82. The Morgan fingerprint density at radius 3 is 3.30 bits per heavy atom. The van der Waals surface area contributed by atoms with Gasteiger partial charge in [-0.15, -0.1) is 0 Å². The predicted octanol–water partition coefficient (Wildman–Crippen LogP) is 1.24. The lowest BCUT2D eigenvalue weighted by molar-refractivity contribution is 0.935. The summed E-state index contributed by atoms with van der Waals surface area (Å²) in [5, 5.41) is 0. The number of nitrogens with zero attached hydrogens (tertiary/aromatic N) is 2. The predicted molar refractivity (Wildman–Crippen MR) is 41.3 cm³/mol. The number of rotatable bonds is 3. The van der Waals surface area contributed by atoms with E-state index in [1.165, 1.54) is 0 Å². The highest BCUT2D eigenvalue weighted by Gasteiger charge is 1.83. The van der Waals surface area contributed by atoms with Crippen molar-refractivity contribution in [2.75, 3.05) is 6.54 Å². The van der Waals surface area contributed by atoms with Crippen molar-refractivity contribution in [1.82, 2.24) is 9.97 Å². The van der Waals surface area contributed by atoms with E-state index in [1.807, 2.05) is 0 Å². The Morgan fingerprint density at radius 2 is 2.70 bits per heavy atom. The van der Waals surface area contributed by atoms with Crippen LogP contribution in [0.15, 0.2) is 17.4 Å². The number of nitrogens with one attached hydrogen (secondary N) is 1. The lowest BCUT2D eigenvalue weighted by Crippen LogP contribution is -1.84. The van der Waals surface area contributed by atoms with Gasteiger partial charge in [0, 0.05) is 18.9 Å². The highest BCUT2D eigenvalue weighted by Crippen LogP contribution is 1.83. The Labute approximate surface area is 60.2 Å². The molecule has 1 N–H and O–H groups in total. The van der Waals surface area contributed by atoms with Crippen LogP contribution in [-0.2, 0) is 0 Å². The number of aliphatic imine (C=N–C) groups is 1. The maximum Gasteiger partial charge on any atom is 0.147 e. The van der Waals surface area contributed by atoms with Crippen LogP contribution in [0.25, 0.3) is 0 Å². The number of H-pyrrole nitrogens is 1. The van der Waals surface area contributed by atoms with E-state index < -0.39 is 0 Å². The van der Waals surface area contributed by atoms with E-state index in [9.17, 15) is 0 Å². The summed E-state index contributed by atoms with van der Waals surface area (Å²) in [5.74, 6) is 0.827. The van der Waals surface area contributed by atoms with Crippen LogP contribution in [0.1, 0.15) is 19.2 Å². The number of hydrogen-bond acceptors (Lipinski definition) is 2. The van der Waals surface area contributed by atoms with Gasteiger partial charge in [-0.3, -0.25) is 4.99 Å². The van der Waals surface area contributed by atoms with Crippen LogP contribution in [-0.4, -0.2) is 22.7 Å². The van der Waals surface area contributed by atoms with Crippen LogP contribution in [0.4, 0.5) is 0 Å². The van der Waals surface area contributed by atoms with E-state index in [1.54, 1.807) is 18.6 Å². The van der Waals surface area contributed by atoms with E-state index in [2.05, 4.69) is 21.9 Å². The Hall–Kier alpha value is -1.12. The first-order valence-electron chi connectivity index (χ1n) is 3.42. The van der Waals surface area contributed by atoms with Crippen molar-refractivity contribution in [3.05, 3.63) is 18.2 Å². The molecule has 0 saturated heterocycles. The zero-order chi connectivity index (χ0) is 7.23. The molecule has 1 heterocycles. The fraction of sp³-hybridized carbons (Fsp3) is 0.429. The van der Waals surface area contributed by atoms with Crippen LogP contribution in [0, 0.1) is 0 Å². The fourth-order valence-electron chi connectivity index (χ4n) is 0.628. The molecular formula is C7H11N3. The monoisotopic (exact) mass is 137 g/mol. The van der Waals surface area contributed by atoms with Crippen molar-refractivity contribution in [2.24, 2.45) is 4.99 Å². The zero-order valence-electron chi connectivity index (χ0n) is 6.04. The molecule has 10 heavy (non-hydrogen) atoms. The van der Waals surface area contributed by atoms with Crippen molar-refractivity contribution in [3.8, 4) is 0 Å². The Balaban J connectivity index is 2.40. The second-order valence-corrected chi connectivity index (χ2v) is 2.01. The average Bonchev–Trinajstić information content (AvgIpc) is 2.41. The first-order chi connectivity index (χ1) is 4.93. The highest BCUT2D eigenvalue weighted by molar-refractivity contribution is 5.74. The molecule has 0 spiro atoms. The molecule has 3 heteroatoms. The molecule has 54 valence electrons. The van der Waals surface area contributed by atoms with Gasteiger partial charge in [-0.25, -0.2) is 4.98 Å². The first-order valence-corrected chi connectivity index (χ1v) is 3.42. The minimum Gasteiger partial charge on any atom is -0.344 e. The Bertz CT molecular complexity index is 189. The third-order valence-corrected chi connectivity index (χ3v) is 1.09. The van der Waals surface area contributed by atoms with Crippen molar-refractivity contribution >= 4 is 6.21 Å². The molecule has 0 bridgehead atoms. The van der Waals surface area contributed by atoms with E-state index in [0.717, 1.165) is 18.8 Å². The van der Waals surface area contributed by atoms with Gasteiger partial charge in [0.25, 0.3) is 0 Å². The summed E-state index contributed by atoms with van der Waals surface area (Å²) in [6.45, 7) is 2.97. The van der Waals surface area contributed by atoms with Crippen LogP contribution < -0.4 is 0 Å². The topological polar surface area (TPSA) is 41.0 Å². The first kappa shape index (κ1) is 6.99. The molecule has 0 aromatic carbocycles. The third kappa shape index (κ3) is 2.01. The summed E-state index contributed by atoms with van der Waals surface area (Å²) < 4.78 is 0. The van der Waals surface area contributed by atoms with Crippen LogP contribution in [0.5, 0.6) is 0 Å². The standard InChI is InChI=1S/C7H11N3/c1-2-3-8-6-7-9-4-5-10-7/h4-6H,2-3H2,1H3,(H,9,10). The molecule has 0 amide bonds. The molecular weight excluding hydrogens is 126 g/mol. The summed E-state index contributed by atoms with van der Waals surface area (Å²) in [7, 11) is 0. The molecule has 0 atom stereocenters. The molecule has 1 aromatic heterocycles. The van der Waals surface area contributed by atoms with Crippen molar-refractivity contribution < 1.29 is 0 Å². The molecule has 0 fully saturated rings. The number of imidazole rings is 1. The van der Waals surface area contributed by atoms with Crippen LogP contribution >= 0.6 is 0 Å². The maximum absolute atomic E-state index is 4.11. The Morgan fingerprint density at radius 1 is 1.80 bits per heavy atom. The fourth-order valence-corrected chi connectivity index (χ4v) is 0.628. The summed E-state index contributed by atoms with van der Waals surface area (Å²) in [4.78, 5) is 11.0. The maximum atomic E-state index is 4.11. The summed E-state index contributed by atoms with van der Waals surface area (Å²) in [6.07, 6.45) is 6.33. The summed E-state index contributed by atoms with van der Waals surface area (Å²) >= 11 is 0. The number of aromatic amines is 1. The molecule has 3 nitrogen and oxygen atoms in total. The third-order valence-electron chi connectivity index (χ3n) is 1.09. The SMILES string of the molecule is CCCN=Cc1ncc[nH]1. The van der Waals surface area contributed by atoms with E-state index in [-0.39, 0.29) is 0 Å². The number of hydrogen-bond donors (Lipinski definition) is 1. The smallest absolute Gasteiger partial charge is 0.147 e. The van der Waals surface area contributed by atoms with E-state index in [4.69, 9.17) is 0 Å². The van der Waals surface area contributed by atoms with Gasteiger partial charge in [0.15, 0.2) is 0 Å². The highest BCUT2D eigenvalue weighted by atomic mass is 14.9. The summed E-state index contributed by atoms with van der Waals surface area (Å²) in [5.41, 5.74) is 0. The molecule has 1 aromatic rings. The van der Waals surface area contributed by atoms with Gasteiger partial charge in [0.2, 0.25) is 0 Å². The number of aromatic nitrogens is 2. The molecule has 1 rings (SSSR count). The van der Waals surface area contributed by atoms with Crippen LogP contribution in [0.3, 0.4) is 0 Å². The van der Waals surface area contributed by atoms with Gasteiger partial charge in [0.05, 0.1) is 6.21 Å². The lowest BCUT2D eigenvalue weighted by atomic mass is 10.5. The Kier molecular flexibility index (Phi) is 2.67. The minimum absolute atomic E-state index is 0.827. The van der Waals surface area contributed by atoms with Gasteiger partial charge in [-0.05, 0) is 6.42 Å². The van der Waals surface area contributed by atoms with Crippen LogP contribution in [0.2, 0.25) is 0 Å². The molecule has 0 radical (unpaired) electrons. The van der Waals surface area contributed by atoms with Gasteiger partial charge >= 0.3 is 0 Å². The normalized spacial score (nSPS) is 10.9. The van der Waals surface area contributed by atoms with Gasteiger partial charge < -0.3 is 4.98 Å². The summed E-state index contributed by atoms with van der Waals surface area (Å²) in [6, 6.07) is 0. The lowest BCUT2D eigenvalue weighted by Gasteiger charge is -1.83. The molecule has 0 aliphatic heterocycles. The van der Waals surface area contributed by atoms with E-state index in [0.29, 0.717) is 0 Å². The zero-order valence-corrected chi connectivity index (χ0v) is 6.04. The largest absolute Gasteiger partial charge is 0.344 e. The van der Waals surface area contributed by atoms with E-state index >= 15 is 0 Å². The van der Waals surface area contributed by atoms with Gasteiger partial charge in [-0.1, -0.05) is 6.92 Å². The molecule has 0 unspecified atom stereocenters. The molecule has 0 aliphatic rings. The van der Waals surface area contributed by atoms with Crippen molar-refractivity contribution in [2.45, 2.75) is 13.3 Å². The van der Waals surface area contributed by atoms with Crippen molar-refractivity contribution in [1.29, 1.82) is 0 Å². The van der Waals surface area contributed by atoms with Gasteiger partial charge in [0.1, 0.15) is 5.82 Å². The molecule has 0 saturated carbocycles. The quantitative estimate of drug-likeness (QED) is 0.625. The average molecular weight is 137 g/mol. The van der Waals surface area contributed by atoms with Gasteiger partial charge in [-0.2, -0.15) is 0 Å². The van der Waals surface area contributed by atoms with Crippen molar-refractivity contribution in [3.63, 3.8) is 0 Å².